The Morgan fingerprint density at radius 2 is 2.06 bits per heavy atom. The van der Waals surface area contributed by atoms with Gasteiger partial charge in [0.05, 0.1) is 5.69 Å². The Morgan fingerprint density at radius 3 is 2.62 bits per heavy atom. The third kappa shape index (κ3) is 2.90. The fourth-order valence-corrected chi connectivity index (χ4v) is 2.28. The predicted molar refractivity (Wildman–Crippen MR) is 80.5 cm³/mol. The average Bonchev–Trinajstić information content (AvgIpc) is 2.74. The summed E-state index contributed by atoms with van der Waals surface area (Å²) >= 11 is 3.61. The summed E-state index contributed by atoms with van der Waals surface area (Å²) in [7, 11) is 1.48. The Labute approximate surface area is 114 Å². The van der Waals surface area contributed by atoms with Gasteiger partial charge in [0, 0.05) is 37.7 Å². The summed E-state index contributed by atoms with van der Waals surface area (Å²) in [6, 6.07) is 8.00. The first-order valence-electron chi connectivity index (χ1n) is 4.39. The van der Waals surface area contributed by atoms with Gasteiger partial charge in [-0.3, -0.25) is 0 Å². The van der Waals surface area contributed by atoms with E-state index in [-0.39, 0.29) is 0 Å². The predicted octanol–water partition coefficient (Wildman–Crippen LogP) is 3.78. The van der Waals surface area contributed by atoms with E-state index in [0.29, 0.717) is 5.13 Å². The number of rotatable bonds is 1. The lowest BCUT2D eigenvalue weighted by Gasteiger charge is -1.96. The summed E-state index contributed by atoms with van der Waals surface area (Å²) in [6.07, 6.45) is 0. The van der Waals surface area contributed by atoms with Crippen molar-refractivity contribution < 1.29 is 0 Å². The minimum Gasteiger partial charge on any atom is -0.375 e. The molecule has 0 aliphatic rings. The van der Waals surface area contributed by atoms with Gasteiger partial charge in [0.25, 0.3) is 0 Å². The van der Waals surface area contributed by atoms with Crippen molar-refractivity contribution >= 4 is 46.6 Å². The van der Waals surface area contributed by atoms with Crippen LogP contribution in [-0.4, -0.2) is 4.98 Å². The van der Waals surface area contributed by atoms with Gasteiger partial charge in [0.1, 0.15) is 0 Å². The minimum atomic E-state index is 0.597. The quantitative estimate of drug-likeness (QED) is 0.623. The van der Waals surface area contributed by atoms with E-state index in [4.69, 9.17) is 5.73 Å². The summed E-state index contributed by atoms with van der Waals surface area (Å²) in [4.78, 5) is 4.23. The molecule has 0 saturated heterocycles. The van der Waals surface area contributed by atoms with Crippen LogP contribution in [0.5, 0.6) is 0 Å². The molecule has 0 spiro atoms. The molecule has 0 aliphatic carbocycles. The van der Waals surface area contributed by atoms with E-state index in [1.165, 1.54) is 20.3 Å². The van der Waals surface area contributed by atoms with Crippen LogP contribution >= 0.6 is 41.5 Å². The molecule has 2 nitrogen and oxygen atoms in total. The summed E-state index contributed by atoms with van der Waals surface area (Å²) in [5, 5.41) is 5.50. The van der Waals surface area contributed by atoms with E-state index < -0.39 is 0 Å². The van der Waals surface area contributed by atoms with Crippen molar-refractivity contribution in [2.45, 2.75) is 0 Å². The molecule has 2 N–H and O–H groups in total. The molecule has 16 heavy (non-hydrogen) atoms. The van der Waals surface area contributed by atoms with Gasteiger partial charge < -0.3 is 5.73 Å². The number of aromatic nitrogens is 1. The van der Waals surface area contributed by atoms with Crippen LogP contribution in [0.25, 0.3) is 11.3 Å². The van der Waals surface area contributed by atoms with Gasteiger partial charge in [0.2, 0.25) is 0 Å². The highest BCUT2D eigenvalue weighted by Crippen LogP contribution is 2.23. The zero-order valence-electron chi connectivity index (χ0n) is 8.11. The summed E-state index contributed by atoms with van der Waals surface area (Å²) in [5.41, 5.74) is 8.59. The molecule has 0 unspecified atom stereocenters. The van der Waals surface area contributed by atoms with Crippen LogP contribution in [0.2, 0.25) is 0 Å². The zero-order valence-corrected chi connectivity index (χ0v) is 11.9. The number of hydrogen-bond acceptors (Lipinski definition) is 4. The van der Waals surface area contributed by atoms with Crippen LogP contribution in [-0.2, 0) is 0 Å². The highest BCUT2D eigenvalue weighted by molar-refractivity contribution is 14.2. The van der Waals surface area contributed by atoms with E-state index in [0.717, 1.165) is 16.8 Å². The van der Waals surface area contributed by atoms with Crippen LogP contribution in [0.3, 0.4) is 0 Å². The number of thiazole rings is 1. The van der Waals surface area contributed by atoms with Crippen molar-refractivity contribution in [1.29, 1.82) is 0 Å². The molecule has 2 rings (SSSR count). The number of nitrogen functional groups attached to an aromatic ring is 1. The molecule has 0 bridgehead atoms. The summed E-state index contributed by atoms with van der Waals surface area (Å²) < 4.78 is 0. The Bertz CT molecular complexity index is 537. The smallest absolute Gasteiger partial charge is 0.180 e. The van der Waals surface area contributed by atoms with E-state index in [1.807, 2.05) is 29.6 Å². The number of hydrogen-bond donors (Lipinski definition) is 1. The number of anilines is 1. The average molecular weight is 358 g/mol. The molecule has 2 aromatic rings. The molecule has 0 radical (unpaired) electrons. The van der Waals surface area contributed by atoms with Crippen molar-refractivity contribution in [3.8, 4) is 22.4 Å². The second kappa shape index (κ2) is 5.57. The van der Waals surface area contributed by atoms with Crippen molar-refractivity contribution in [3.63, 3.8) is 0 Å². The van der Waals surface area contributed by atoms with E-state index in [1.54, 1.807) is 0 Å². The van der Waals surface area contributed by atoms with Gasteiger partial charge in [-0.1, -0.05) is 18.1 Å². The molecule has 5 heteroatoms. The molecule has 1 aromatic heterocycles. The van der Waals surface area contributed by atoms with Crippen molar-refractivity contribution in [2.24, 2.45) is 0 Å². The molecule has 0 fully saturated rings. The minimum absolute atomic E-state index is 0.597. The third-order valence-electron chi connectivity index (χ3n) is 1.94. The van der Waals surface area contributed by atoms with Crippen LogP contribution in [0, 0.1) is 11.2 Å². The van der Waals surface area contributed by atoms with Crippen molar-refractivity contribution in [3.05, 3.63) is 35.2 Å². The molecule has 0 aliphatic heterocycles. The SMILES string of the molecule is Nc1nc(-c2ccc(C#CSI)cc2)cs1. The summed E-state index contributed by atoms with van der Waals surface area (Å²) in [6.45, 7) is 0. The molecule has 0 saturated carbocycles. The Morgan fingerprint density at radius 1 is 1.31 bits per heavy atom. The van der Waals surface area contributed by atoms with Crippen molar-refractivity contribution in [1.82, 2.24) is 4.98 Å². The molecule has 0 atom stereocenters. The van der Waals surface area contributed by atoms with Gasteiger partial charge in [0.15, 0.2) is 5.13 Å². The first-order valence-corrected chi connectivity index (χ1v) is 8.63. The molecule has 1 aromatic carbocycles. The standard InChI is InChI=1S/C11H7IN2S2/c12-16-6-5-8-1-3-9(4-2-8)10-7-15-11(13)14-10/h1-4,7H,(H2,13,14). The number of nitrogens with two attached hydrogens (primary N) is 1. The van der Waals surface area contributed by atoms with Gasteiger partial charge in [-0.2, -0.15) is 0 Å². The first kappa shape index (κ1) is 11.8. The highest BCUT2D eigenvalue weighted by Gasteiger charge is 2.01. The largest absolute Gasteiger partial charge is 0.375 e. The Hall–Kier alpha value is -0.710. The zero-order chi connectivity index (χ0) is 11.4. The maximum absolute atomic E-state index is 5.59. The number of halogens is 1. The van der Waals surface area contributed by atoms with Crippen molar-refractivity contribution in [2.75, 3.05) is 5.73 Å². The molecule has 80 valence electrons. The lowest BCUT2D eigenvalue weighted by molar-refractivity contribution is 1.41. The number of benzene rings is 1. The maximum Gasteiger partial charge on any atom is 0.180 e. The van der Waals surface area contributed by atoms with E-state index >= 15 is 0 Å². The lowest BCUT2D eigenvalue weighted by atomic mass is 10.1. The van der Waals surface area contributed by atoms with Crippen LogP contribution in [0.1, 0.15) is 5.56 Å². The Kier molecular flexibility index (Phi) is 4.09. The first-order chi connectivity index (χ1) is 7.79. The van der Waals surface area contributed by atoms with E-state index in [9.17, 15) is 0 Å². The topological polar surface area (TPSA) is 38.9 Å². The monoisotopic (exact) mass is 358 g/mol. The second-order valence-electron chi connectivity index (χ2n) is 2.95. The number of nitrogens with zero attached hydrogens (tertiary/aromatic N) is 1. The van der Waals surface area contributed by atoms with Crippen LogP contribution in [0.4, 0.5) is 5.13 Å². The molecular formula is C11H7IN2S2. The molecule has 0 amide bonds. The van der Waals surface area contributed by atoms with E-state index in [2.05, 4.69) is 37.4 Å². The molecular weight excluding hydrogens is 351 g/mol. The van der Waals surface area contributed by atoms with Gasteiger partial charge in [-0.05, 0) is 26.3 Å². The second-order valence-corrected chi connectivity index (χ2v) is 5.52. The van der Waals surface area contributed by atoms with Gasteiger partial charge in [-0.15, -0.1) is 11.3 Å². The highest BCUT2D eigenvalue weighted by atomic mass is 127. The van der Waals surface area contributed by atoms with Crippen LogP contribution < -0.4 is 5.73 Å². The third-order valence-corrected chi connectivity index (χ3v) is 3.45. The maximum atomic E-state index is 5.59. The summed E-state index contributed by atoms with van der Waals surface area (Å²) in [5.74, 6) is 3.04. The fraction of sp³-hybridized carbons (Fsp3) is 0. The Balaban J connectivity index is 2.25. The van der Waals surface area contributed by atoms with Gasteiger partial charge >= 0.3 is 0 Å². The van der Waals surface area contributed by atoms with Crippen LogP contribution in [0.15, 0.2) is 29.6 Å². The van der Waals surface area contributed by atoms with Gasteiger partial charge in [-0.25, -0.2) is 4.98 Å². The fourth-order valence-electron chi connectivity index (χ4n) is 1.22. The lowest BCUT2D eigenvalue weighted by Crippen LogP contribution is -1.83. The normalized spacial score (nSPS) is 9.56. The molecule has 1 heterocycles.